The molecule has 1 N–H and O–H groups in total. The Balaban J connectivity index is 1.24. The van der Waals surface area contributed by atoms with Crippen LogP contribution in [-0.2, 0) is 4.79 Å². The van der Waals surface area contributed by atoms with E-state index in [9.17, 15) is 9.59 Å². The van der Waals surface area contributed by atoms with Crippen LogP contribution < -0.4 is 5.32 Å². The predicted molar refractivity (Wildman–Crippen MR) is 127 cm³/mol. The molecule has 2 aromatic heterocycles. The number of aromatic nitrogens is 4. The summed E-state index contributed by atoms with van der Waals surface area (Å²) in [6.45, 7) is 3.03. The lowest BCUT2D eigenvalue weighted by atomic mass is 9.95. The first kappa shape index (κ1) is 21.1. The lowest BCUT2D eigenvalue weighted by Gasteiger charge is -2.31. The minimum absolute atomic E-state index is 0.0104. The Bertz CT molecular complexity index is 1320. The van der Waals surface area contributed by atoms with E-state index in [1.165, 1.54) is 11.3 Å². The van der Waals surface area contributed by atoms with Gasteiger partial charge in [-0.25, -0.2) is 0 Å². The summed E-state index contributed by atoms with van der Waals surface area (Å²) >= 11 is 1.53. The van der Waals surface area contributed by atoms with E-state index < -0.39 is 0 Å². The molecule has 0 spiro atoms. The van der Waals surface area contributed by atoms with Crippen molar-refractivity contribution in [2.24, 2.45) is 5.92 Å². The zero-order valence-electron chi connectivity index (χ0n) is 18.1. The van der Waals surface area contributed by atoms with Crippen LogP contribution in [0.25, 0.3) is 21.5 Å². The standard InChI is InChI=1S/C24H22N6O2S/c1-15-26-29-23(33-15)18-7-8-20-19(13-18)14-21(28-27-20)25-22(31)16-9-11-30(12-10-16)24(32)17-5-3-2-4-6-17/h2-8,13-14,16H,9-12H2,1H3,(H,25,28,31). The molecule has 3 heterocycles. The van der Waals surface area contributed by atoms with E-state index in [2.05, 4.69) is 25.7 Å². The number of nitrogens with one attached hydrogen (secondary N) is 1. The zero-order chi connectivity index (χ0) is 22.8. The molecule has 2 amide bonds. The number of carbonyl (C=O) groups excluding carboxylic acids is 2. The number of anilines is 1. The minimum Gasteiger partial charge on any atom is -0.339 e. The maximum absolute atomic E-state index is 12.8. The monoisotopic (exact) mass is 458 g/mol. The quantitative estimate of drug-likeness (QED) is 0.497. The molecule has 2 aromatic carbocycles. The van der Waals surface area contributed by atoms with Gasteiger partial charge in [0.15, 0.2) is 5.82 Å². The first-order valence-corrected chi connectivity index (χ1v) is 11.6. The maximum Gasteiger partial charge on any atom is 0.253 e. The van der Waals surface area contributed by atoms with Crippen molar-refractivity contribution in [3.05, 3.63) is 65.2 Å². The number of piperidine rings is 1. The van der Waals surface area contributed by atoms with Crippen molar-refractivity contribution >= 4 is 39.9 Å². The van der Waals surface area contributed by atoms with Crippen LogP contribution in [0.4, 0.5) is 5.82 Å². The number of amides is 2. The van der Waals surface area contributed by atoms with E-state index in [1.54, 1.807) is 0 Å². The number of rotatable bonds is 4. The largest absolute Gasteiger partial charge is 0.339 e. The highest BCUT2D eigenvalue weighted by atomic mass is 32.1. The molecule has 1 saturated heterocycles. The van der Waals surface area contributed by atoms with Crippen molar-refractivity contribution in [3.63, 3.8) is 0 Å². The van der Waals surface area contributed by atoms with Gasteiger partial charge < -0.3 is 10.2 Å². The maximum atomic E-state index is 12.8. The second-order valence-corrected chi connectivity index (χ2v) is 9.23. The van der Waals surface area contributed by atoms with Gasteiger partial charge in [-0.1, -0.05) is 29.5 Å². The number of carbonyl (C=O) groups is 2. The molecule has 4 aromatic rings. The summed E-state index contributed by atoms with van der Waals surface area (Å²) < 4.78 is 0. The average Bonchev–Trinajstić information content (AvgIpc) is 3.30. The molecule has 0 aliphatic carbocycles. The van der Waals surface area contributed by atoms with Crippen molar-refractivity contribution in [3.8, 4) is 10.6 Å². The second-order valence-electron chi connectivity index (χ2n) is 8.05. The van der Waals surface area contributed by atoms with Gasteiger partial charge in [0.25, 0.3) is 5.91 Å². The highest BCUT2D eigenvalue weighted by Crippen LogP contribution is 2.27. The van der Waals surface area contributed by atoms with E-state index >= 15 is 0 Å². The Labute approximate surface area is 194 Å². The van der Waals surface area contributed by atoms with Crippen LogP contribution in [0.15, 0.2) is 54.6 Å². The van der Waals surface area contributed by atoms with Gasteiger partial charge >= 0.3 is 0 Å². The van der Waals surface area contributed by atoms with Crippen LogP contribution in [0.1, 0.15) is 28.2 Å². The fourth-order valence-corrected chi connectivity index (χ4v) is 4.68. The third kappa shape index (κ3) is 4.58. The SMILES string of the molecule is Cc1nnc(-c2ccc3nnc(NC(=O)C4CCN(C(=O)c5ccccc5)CC4)cc3c2)s1. The van der Waals surface area contributed by atoms with E-state index in [1.807, 2.05) is 66.4 Å². The predicted octanol–water partition coefficient (Wildman–Crippen LogP) is 3.95. The third-order valence-electron chi connectivity index (χ3n) is 5.78. The molecule has 0 saturated carbocycles. The summed E-state index contributed by atoms with van der Waals surface area (Å²) in [5.41, 5.74) is 2.37. The van der Waals surface area contributed by atoms with Crippen LogP contribution in [-0.4, -0.2) is 50.2 Å². The lowest BCUT2D eigenvalue weighted by molar-refractivity contribution is -0.121. The molecule has 1 fully saturated rings. The number of benzene rings is 2. The normalized spacial score (nSPS) is 14.4. The van der Waals surface area contributed by atoms with Crippen molar-refractivity contribution in [2.45, 2.75) is 19.8 Å². The molecule has 9 heteroatoms. The molecule has 1 aliphatic rings. The van der Waals surface area contributed by atoms with Crippen LogP contribution in [0.3, 0.4) is 0 Å². The average molecular weight is 459 g/mol. The minimum atomic E-state index is -0.168. The van der Waals surface area contributed by atoms with E-state index in [0.717, 1.165) is 26.5 Å². The van der Waals surface area contributed by atoms with E-state index in [4.69, 9.17) is 0 Å². The van der Waals surface area contributed by atoms with Crippen molar-refractivity contribution in [2.75, 3.05) is 18.4 Å². The van der Waals surface area contributed by atoms with Gasteiger partial charge in [-0.15, -0.1) is 20.4 Å². The molecule has 0 bridgehead atoms. The fourth-order valence-electron chi connectivity index (χ4n) is 3.99. The van der Waals surface area contributed by atoms with Crippen molar-refractivity contribution < 1.29 is 9.59 Å². The van der Waals surface area contributed by atoms with Gasteiger partial charge in [0.05, 0.1) is 5.52 Å². The summed E-state index contributed by atoms with van der Waals surface area (Å²) in [5, 5.41) is 22.2. The first-order chi connectivity index (χ1) is 16.1. The van der Waals surface area contributed by atoms with E-state index in [0.29, 0.717) is 37.3 Å². The van der Waals surface area contributed by atoms with Gasteiger partial charge in [-0.2, -0.15) is 0 Å². The summed E-state index contributed by atoms with van der Waals surface area (Å²) in [6, 6.07) is 16.9. The van der Waals surface area contributed by atoms with Gasteiger partial charge in [0, 0.05) is 35.5 Å². The van der Waals surface area contributed by atoms with Crippen LogP contribution in [0.2, 0.25) is 0 Å². The number of likely N-dealkylation sites (tertiary alicyclic amines) is 1. The van der Waals surface area contributed by atoms with Crippen LogP contribution >= 0.6 is 11.3 Å². The number of aryl methyl sites for hydroxylation is 1. The molecular formula is C24H22N6O2S. The fraction of sp³-hybridized carbons (Fsp3) is 0.250. The molecule has 0 atom stereocenters. The Morgan fingerprint density at radius 2 is 1.76 bits per heavy atom. The van der Waals surface area contributed by atoms with Crippen LogP contribution in [0, 0.1) is 12.8 Å². The molecular weight excluding hydrogens is 436 g/mol. The number of fused-ring (bicyclic) bond motifs is 1. The molecule has 1 aliphatic heterocycles. The highest BCUT2D eigenvalue weighted by molar-refractivity contribution is 7.14. The second kappa shape index (κ2) is 9.03. The summed E-state index contributed by atoms with van der Waals surface area (Å²) in [5.74, 6) is 0.168. The van der Waals surface area contributed by atoms with Gasteiger partial charge in [-0.05, 0) is 56.2 Å². The topological polar surface area (TPSA) is 101 Å². The molecule has 166 valence electrons. The molecule has 8 nitrogen and oxygen atoms in total. The summed E-state index contributed by atoms with van der Waals surface area (Å²) in [6.07, 6.45) is 1.23. The zero-order valence-corrected chi connectivity index (χ0v) is 18.9. The number of hydrogen-bond acceptors (Lipinski definition) is 7. The Hall–Kier alpha value is -3.72. The first-order valence-electron chi connectivity index (χ1n) is 10.8. The highest BCUT2D eigenvalue weighted by Gasteiger charge is 2.28. The van der Waals surface area contributed by atoms with Crippen LogP contribution in [0.5, 0.6) is 0 Å². The molecule has 5 rings (SSSR count). The molecule has 0 unspecified atom stereocenters. The lowest BCUT2D eigenvalue weighted by Crippen LogP contribution is -2.41. The van der Waals surface area contributed by atoms with Crippen molar-refractivity contribution in [1.29, 1.82) is 0 Å². The number of hydrogen-bond donors (Lipinski definition) is 1. The molecule has 33 heavy (non-hydrogen) atoms. The Morgan fingerprint density at radius 3 is 2.48 bits per heavy atom. The van der Waals surface area contributed by atoms with Crippen molar-refractivity contribution in [1.82, 2.24) is 25.3 Å². The smallest absolute Gasteiger partial charge is 0.253 e. The Kier molecular flexibility index (Phi) is 5.78. The van der Waals surface area contributed by atoms with E-state index in [-0.39, 0.29) is 17.7 Å². The summed E-state index contributed by atoms with van der Waals surface area (Å²) in [4.78, 5) is 27.3. The van der Waals surface area contributed by atoms with Gasteiger partial charge in [0.1, 0.15) is 10.0 Å². The van der Waals surface area contributed by atoms with Gasteiger partial charge in [-0.3, -0.25) is 9.59 Å². The molecule has 0 radical (unpaired) electrons. The Morgan fingerprint density at radius 1 is 0.970 bits per heavy atom. The summed E-state index contributed by atoms with van der Waals surface area (Å²) in [7, 11) is 0. The third-order valence-corrected chi connectivity index (χ3v) is 6.67. The number of nitrogens with zero attached hydrogens (tertiary/aromatic N) is 5. The van der Waals surface area contributed by atoms with Gasteiger partial charge in [0.2, 0.25) is 5.91 Å².